The molecule has 20 heavy (non-hydrogen) atoms. The highest BCUT2D eigenvalue weighted by Crippen LogP contribution is 2.37. The van der Waals surface area contributed by atoms with Crippen molar-refractivity contribution in [2.75, 3.05) is 19.3 Å². The number of nitrogen functional groups attached to an aromatic ring is 1. The number of nitrogens with one attached hydrogen (secondary N) is 1. The maximum atomic E-state index is 10.3. The van der Waals surface area contributed by atoms with E-state index >= 15 is 0 Å². The fourth-order valence-corrected chi connectivity index (χ4v) is 3.10. The molecule has 0 aromatic carbocycles. The summed E-state index contributed by atoms with van der Waals surface area (Å²) < 4.78 is 1.89. The van der Waals surface area contributed by atoms with E-state index in [0.717, 1.165) is 5.39 Å². The summed E-state index contributed by atoms with van der Waals surface area (Å²) >= 11 is 0. The molecule has 3 rings (SSSR count). The Hall–Kier alpha value is -1.70. The number of aliphatic hydroxyl groups excluding tert-OH is 2. The van der Waals surface area contributed by atoms with Gasteiger partial charge in [0.2, 0.25) is 0 Å². The van der Waals surface area contributed by atoms with Gasteiger partial charge in [-0.15, -0.1) is 0 Å². The van der Waals surface area contributed by atoms with Crippen molar-refractivity contribution >= 4 is 16.9 Å². The number of aromatic nitrogens is 3. The second kappa shape index (κ2) is 5.01. The van der Waals surface area contributed by atoms with Gasteiger partial charge in [-0.1, -0.05) is 0 Å². The van der Waals surface area contributed by atoms with Crippen molar-refractivity contribution in [1.29, 1.82) is 0 Å². The van der Waals surface area contributed by atoms with E-state index in [2.05, 4.69) is 15.3 Å². The first kappa shape index (κ1) is 13.3. The molecule has 0 spiro atoms. The van der Waals surface area contributed by atoms with Crippen molar-refractivity contribution in [2.45, 2.75) is 24.7 Å². The number of hydrogen-bond donors (Lipinski definition) is 4. The van der Waals surface area contributed by atoms with E-state index in [1.54, 1.807) is 0 Å². The molecule has 0 saturated heterocycles. The molecule has 0 aliphatic heterocycles. The molecule has 2 aromatic rings. The zero-order chi connectivity index (χ0) is 14.3. The molecular formula is C13H19N5O2. The lowest BCUT2D eigenvalue weighted by Gasteiger charge is -2.19. The highest BCUT2D eigenvalue weighted by Gasteiger charge is 2.42. The highest BCUT2D eigenvalue weighted by atomic mass is 16.3. The van der Waals surface area contributed by atoms with Gasteiger partial charge in [0.25, 0.3) is 0 Å². The zero-order valence-corrected chi connectivity index (χ0v) is 11.3. The van der Waals surface area contributed by atoms with Crippen molar-refractivity contribution in [3.05, 3.63) is 18.6 Å². The first-order valence-electron chi connectivity index (χ1n) is 6.71. The second-order valence-electron chi connectivity index (χ2n) is 5.32. The topological polar surface area (TPSA) is 109 Å². The maximum absolute atomic E-state index is 10.3. The summed E-state index contributed by atoms with van der Waals surface area (Å²) in [5.41, 5.74) is 6.51. The summed E-state index contributed by atoms with van der Waals surface area (Å²) in [7, 11) is 1.84. The van der Waals surface area contributed by atoms with Crippen molar-refractivity contribution in [3.8, 4) is 0 Å². The van der Waals surface area contributed by atoms with Gasteiger partial charge in [-0.05, 0) is 19.5 Å². The Balaban J connectivity index is 1.97. The van der Waals surface area contributed by atoms with Crippen LogP contribution in [0.3, 0.4) is 0 Å². The molecular weight excluding hydrogens is 258 g/mol. The van der Waals surface area contributed by atoms with Crippen LogP contribution in [0.2, 0.25) is 0 Å². The van der Waals surface area contributed by atoms with Crippen LogP contribution in [0.4, 0.5) is 5.82 Å². The molecule has 1 unspecified atom stereocenters. The van der Waals surface area contributed by atoms with Crippen LogP contribution in [0, 0.1) is 5.92 Å². The molecule has 7 heteroatoms. The predicted molar refractivity (Wildman–Crippen MR) is 75.0 cm³/mol. The summed E-state index contributed by atoms with van der Waals surface area (Å²) in [6, 6.07) is 1.64. The number of aliphatic hydroxyl groups is 2. The normalized spacial score (nSPS) is 30.1. The lowest BCUT2D eigenvalue weighted by Crippen LogP contribution is -2.32. The van der Waals surface area contributed by atoms with Crippen LogP contribution >= 0.6 is 0 Å². The van der Waals surface area contributed by atoms with Crippen LogP contribution in [0.1, 0.15) is 12.5 Å². The van der Waals surface area contributed by atoms with Crippen molar-refractivity contribution < 1.29 is 10.2 Å². The molecule has 2 heterocycles. The molecule has 4 atom stereocenters. The molecule has 1 aliphatic carbocycles. The molecule has 0 radical (unpaired) electrons. The van der Waals surface area contributed by atoms with Crippen LogP contribution in [0.5, 0.6) is 0 Å². The van der Waals surface area contributed by atoms with E-state index < -0.39 is 12.2 Å². The summed E-state index contributed by atoms with van der Waals surface area (Å²) in [5.74, 6) is 0.449. The number of anilines is 1. The summed E-state index contributed by atoms with van der Waals surface area (Å²) in [4.78, 5) is 8.20. The van der Waals surface area contributed by atoms with Gasteiger partial charge in [-0.2, -0.15) is 0 Å². The van der Waals surface area contributed by atoms with Gasteiger partial charge in [-0.3, -0.25) is 0 Å². The van der Waals surface area contributed by atoms with Crippen LogP contribution in [0.25, 0.3) is 11.0 Å². The Labute approximate surface area is 116 Å². The van der Waals surface area contributed by atoms with Crippen LogP contribution in [0.15, 0.2) is 18.6 Å². The van der Waals surface area contributed by atoms with Gasteiger partial charge >= 0.3 is 0 Å². The highest BCUT2D eigenvalue weighted by molar-refractivity contribution is 5.86. The number of nitrogens with zero attached hydrogens (tertiary/aromatic N) is 3. The monoisotopic (exact) mass is 277 g/mol. The summed E-state index contributed by atoms with van der Waals surface area (Å²) in [6.07, 6.45) is 2.41. The average Bonchev–Trinajstić information content (AvgIpc) is 2.97. The third kappa shape index (κ3) is 1.94. The summed E-state index contributed by atoms with van der Waals surface area (Å²) in [6.45, 7) is 0.672. The minimum absolute atomic E-state index is 0.0247. The first-order chi connectivity index (χ1) is 9.63. The smallest absolute Gasteiger partial charge is 0.145 e. The Morgan fingerprint density at radius 2 is 2.20 bits per heavy atom. The van der Waals surface area contributed by atoms with E-state index in [0.29, 0.717) is 24.4 Å². The standard InChI is InChI=1S/C13H19N5O2/c1-15-5-7-4-9(11(20)10(7)19)18-3-2-8-12(14)16-6-17-13(8)18/h2-3,6-7,9-11,15,19-20H,4-5H2,1H3,(H2,14,16,17)/t7-,9?,10-,11+/m1/s1. The Morgan fingerprint density at radius 1 is 1.40 bits per heavy atom. The number of rotatable bonds is 3. The van der Waals surface area contributed by atoms with Crippen LogP contribution in [-0.4, -0.2) is 50.5 Å². The first-order valence-corrected chi connectivity index (χ1v) is 6.71. The minimum atomic E-state index is -0.805. The van der Waals surface area contributed by atoms with Crippen molar-refractivity contribution in [1.82, 2.24) is 19.9 Å². The SMILES string of the molecule is CNC[C@H]1CC(n2ccc3c(N)ncnc32)[C@H](O)[C@@H]1O. The van der Waals surface area contributed by atoms with Gasteiger partial charge in [0.1, 0.15) is 23.9 Å². The Morgan fingerprint density at radius 3 is 2.95 bits per heavy atom. The third-order valence-electron chi connectivity index (χ3n) is 4.14. The molecule has 7 nitrogen and oxygen atoms in total. The predicted octanol–water partition coefficient (Wildman–Crippen LogP) is -0.484. The molecule has 5 N–H and O–H groups in total. The molecule has 1 aliphatic rings. The lowest BCUT2D eigenvalue weighted by molar-refractivity contribution is 0.00719. The largest absolute Gasteiger partial charge is 0.390 e. The van der Waals surface area contributed by atoms with E-state index in [1.807, 2.05) is 23.9 Å². The van der Waals surface area contributed by atoms with E-state index in [1.165, 1.54) is 6.33 Å². The maximum Gasteiger partial charge on any atom is 0.145 e. The third-order valence-corrected chi connectivity index (χ3v) is 4.14. The Bertz CT molecular complexity index is 614. The lowest BCUT2D eigenvalue weighted by atomic mass is 10.1. The number of hydrogen-bond acceptors (Lipinski definition) is 6. The number of nitrogens with two attached hydrogens (primary N) is 1. The second-order valence-corrected chi connectivity index (χ2v) is 5.32. The van der Waals surface area contributed by atoms with E-state index in [9.17, 15) is 10.2 Å². The molecule has 1 saturated carbocycles. The average molecular weight is 277 g/mol. The van der Waals surface area contributed by atoms with Gasteiger partial charge < -0.3 is 25.8 Å². The van der Waals surface area contributed by atoms with Crippen molar-refractivity contribution in [2.24, 2.45) is 5.92 Å². The van der Waals surface area contributed by atoms with Gasteiger partial charge in [0.15, 0.2) is 0 Å². The van der Waals surface area contributed by atoms with Crippen molar-refractivity contribution in [3.63, 3.8) is 0 Å². The van der Waals surface area contributed by atoms with Gasteiger partial charge in [-0.25, -0.2) is 9.97 Å². The zero-order valence-electron chi connectivity index (χ0n) is 11.3. The summed E-state index contributed by atoms with van der Waals surface area (Å²) in [5, 5.41) is 24.2. The minimum Gasteiger partial charge on any atom is -0.390 e. The molecule has 108 valence electrons. The fourth-order valence-electron chi connectivity index (χ4n) is 3.10. The molecule has 2 aromatic heterocycles. The quantitative estimate of drug-likeness (QED) is 0.603. The fraction of sp³-hybridized carbons (Fsp3) is 0.538. The molecule has 0 amide bonds. The van der Waals surface area contributed by atoms with E-state index in [4.69, 9.17) is 5.73 Å². The van der Waals surface area contributed by atoms with Crippen LogP contribution < -0.4 is 11.1 Å². The Kier molecular flexibility index (Phi) is 3.33. The molecule has 1 fully saturated rings. The van der Waals surface area contributed by atoms with Gasteiger partial charge in [0, 0.05) is 18.7 Å². The molecule has 0 bridgehead atoms. The number of fused-ring (bicyclic) bond motifs is 1. The van der Waals surface area contributed by atoms with Gasteiger partial charge in [0.05, 0.1) is 17.5 Å². The van der Waals surface area contributed by atoms with E-state index in [-0.39, 0.29) is 12.0 Å². The van der Waals surface area contributed by atoms with Crippen LogP contribution in [-0.2, 0) is 0 Å².